The maximum atomic E-state index is 16.0. The third-order valence-electron chi connectivity index (χ3n) is 6.09. The molecule has 224 valence electrons. The lowest BCUT2D eigenvalue weighted by molar-refractivity contribution is -0.149. The van der Waals surface area contributed by atoms with E-state index >= 15 is 4.39 Å². The number of anilines is 1. The Balaban J connectivity index is 1.56. The van der Waals surface area contributed by atoms with E-state index in [0.717, 1.165) is 6.92 Å². The van der Waals surface area contributed by atoms with Crippen LogP contribution in [0.2, 0.25) is 0 Å². The van der Waals surface area contributed by atoms with Crippen molar-refractivity contribution in [2.45, 2.75) is 70.9 Å². The number of halogens is 1. The fourth-order valence-corrected chi connectivity index (χ4v) is 5.67. The quantitative estimate of drug-likeness (QED) is 0.205. The largest absolute Gasteiger partial charge is 0.476 e. The standard InChI is InChI=1S/C25H34FN6O8P/c1-6-36-21-18-20(29-24(27)30-21)32(13-28-18)23-25(5,26)19(33)17(39-23)12-37-41(35,40-16-10-8-7-9-11-16)31-15(4)22(34)38-14(2)3/h7-11,13-15,17,19,23,33H,6,12H2,1-5H3,(H,31,35)(H2,27,29,30)/t15?,17-,19-,23?,25-,41?/m1/s1. The van der Waals surface area contributed by atoms with Crippen LogP contribution in [0.25, 0.3) is 11.2 Å². The number of esters is 1. The predicted octanol–water partition coefficient (Wildman–Crippen LogP) is 2.93. The van der Waals surface area contributed by atoms with Gasteiger partial charge < -0.3 is 29.6 Å². The van der Waals surface area contributed by atoms with Gasteiger partial charge in [0.25, 0.3) is 0 Å². The number of para-hydroxylation sites is 1. The molecule has 6 atom stereocenters. The van der Waals surface area contributed by atoms with Gasteiger partial charge >= 0.3 is 13.7 Å². The average Bonchev–Trinajstić information content (AvgIpc) is 3.41. The summed E-state index contributed by atoms with van der Waals surface area (Å²) >= 11 is 0. The first-order valence-electron chi connectivity index (χ1n) is 13.0. The van der Waals surface area contributed by atoms with Crippen molar-refractivity contribution in [3.63, 3.8) is 0 Å². The lowest BCUT2D eigenvalue weighted by Gasteiger charge is -2.25. The Morgan fingerprint density at radius 3 is 2.66 bits per heavy atom. The number of nitrogens with two attached hydrogens (primary N) is 1. The van der Waals surface area contributed by atoms with Crippen molar-refractivity contribution in [3.05, 3.63) is 36.7 Å². The van der Waals surface area contributed by atoms with Crippen LogP contribution in [0.3, 0.4) is 0 Å². The fraction of sp³-hybridized carbons (Fsp3) is 0.520. The van der Waals surface area contributed by atoms with Gasteiger partial charge in [0, 0.05) is 0 Å². The number of benzene rings is 1. The van der Waals surface area contributed by atoms with Gasteiger partial charge in [-0.3, -0.25) is 13.9 Å². The summed E-state index contributed by atoms with van der Waals surface area (Å²) in [5, 5.41) is 13.4. The Bertz CT molecular complexity index is 1410. The molecule has 1 aromatic carbocycles. The smallest absolute Gasteiger partial charge is 0.459 e. The molecule has 3 aromatic rings. The highest BCUT2D eigenvalue weighted by Gasteiger charge is 2.56. The molecule has 0 spiro atoms. The lowest BCUT2D eigenvalue weighted by Crippen LogP contribution is -2.41. The van der Waals surface area contributed by atoms with Crippen molar-refractivity contribution in [1.29, 1.82) is 0 Å². The molecule has 0 aliphatic carbocycles. The van der Waals surface area contributed by atoms with Crippen LogP contribution in [0.15, 0.2) is 36.7 Å². The number of nitrogen functional groups attached to an aromatic ring is 1. The second-order valence-electron chi connectivity index (χ2n) is 9.80. The van der Waals surface area contributed by atoms with E-state index in [0.29, 0.717) is 0 Å². The zero-order chi connectivity index (χ0) is 29.9. The number of ether oxygens (including phenoxy) is 3. The summed E-state index contributed by atoms with van der Waals surface area (Å²) in [7, 11) is -4.29. The SMILES string of the molecule is CCOc1nc(N)nc2c1ncn2C1O[C@H](COP(=O)(NC(C)C(=O)OC(C)C)Oc2ccccc2)[C@@H](O)[C@@]1(C)F. The van der Waals surface area contributed by atoms with Crippen LogP contribution < -0.4 is 20.1 Å². The second-order valence-corrected chi connectivity index (χ2v) is 11.5. The van der Waals surface area contributed by atoms with Crippen molar-refractivity contribution >= 4 is 30.8 Å². The zero-order valence-electron chi connectivity index (χ0n) is 23.3. The predicted molar refractivity (Wildman–Crippen MR) is 145 cm³/mol. The molecule has 1 saturated heterocycles. The molecule has 0 bridgehead atoms. The zero-order valence-corrected chi connectivity index (χ0v) is 24.2. The first-order chi connectivity index (χ1) is 19.3. The van der Waals surface area contributed by atoms with Crippen LogP contribution in [-0.2, 0) is 23.4 Å². The molecule has 41 heavy (non-hydrogen) atoms. The minimum atomic E-state index is -4.29. The molecule has 1 aliphatic heterocycles. The Hall–Kier alpha value is -3.36. The number of carbonyl (C=O) groups is 1. The summed E-state index contributed by atoms with van der Waals surface area (Å²) in [6, 6.07) is 7.03. The number of rotatable bonds is 12. The van der Waals surface area contributed by atoms with Crippen LogP contribution in [0.1, 0.15) is 40.8 Å². The van der Waals surface area contributed by atoms with E-state index in [1.807, 2.05) is 0 Å². The molecular weight excluding hydrogens is 562 g/mol. The highest BCUT2D eigenvalue weighted by Crippen LogP contribution is 2.48. The molecule has 14 nitrogen and oxygen atoms in total. The summed E-state index contributed by atoms with van der Waals surface area (Å²) in [6.45, 7) is 7.38. The number of aliphatic hydroxyl groups excluding tert-OH is 1. The van der Waals surface area contributed by atoms with Gasteiger partial charge in [0.05, 0.1) is 25.6 Å². The Morgan fingerprint density at radius 1 is 1.29 bits per heavy atom. The van der Waals surface area contributed by atoms with Gasteiger partial charge in [-0.1, -0.05) is 18.2 Å². The lowest BCUT2D eigenvalue weighted by atomic mass is 9.98. The first kappa shape index (κ1) is 30.6. The summed E-state index contributed by atoms with van der Waals surface area (Å²) < 4.78 is 58.8. The van der Waals surface area contributed by atoms with Crippen LogP contribution in [0.4, 0.5) is 10.3 Å². The number of nitrogens with one attached hydrogen (secondary N) is 1. The van der Waals surface area contributed by atoms with E-state index in [1.54, 1.807) is 51.1 Å². The Labute approximate surface area is 235 Å². The normalized spacial score (nSPS) is 24.7. The molecule has 0 saturated carbocycles. The number of nitrogens with zero attached hydrogens (tertiary/aromatic N) is 4. The third kappa shape index (κ3) is 6.76. The molecule has 4 rings (SSSR count). The Kier molecular flexibility index (Phi) is 9.14. The van der Waals surface area contributed by atoms with Crippen molar-refractivity contribution < 1.29 is 42.1 Å². The number of carbonyl (C=O) groups excluding carboxylic acids is 1. The molecule has 0 radical (unpaired) electrons. The first-order valence-corrected chi connectivity index (χ1v) is 14.5. The van der Waals surface area contributed by atoms with Crippen LogP contribution in [-0.4, -0.2) is 73.8 Å². The monoisotopic (exact) mass is 596 g/mol. The number of imidazole rings is 1. The minimum absolute atomic E-state index is 0.114. The van der Waals surface area contributed by atoms with Crippen molar-refractivity contribution in [1.82, 2.24) is 24.6 Å². The highest BCUT2D eigenvalue weighted by atomic mass is 31.2. The van der Waals surface area contributed by atoms with E-state index in [9.17, 15) is 14.5 Å². The number of fused-ring (bicyclic) bond motifs is 1. The molecule has 16 heteroatoms. The Morgan fingerprint density at radius 2 is 2.00 bits per heavy atom. The van der Waals surface area contributed by atoms with Crippen molar-refractivity contribution in [2.75, 3.05) is 18.9 Å². The van der Waals surface area contributed by atoms with Crippen LogP contribution in [0, 0.1) is 0 Å². The summed E-state index contributed by atoms with van der Waals surface area (Å²) in [5.74, 6) is -0.519. The van der Waals surface area contributed by atoms with E-state index < -0.39 is 56.6 Å². The van der Waals surface area contributed by atoms with E-state index in [1.165, 1.54) is 17.8 Å². The summed E-state index contributed by atoms with van der Waals surface area (Å²) in [6.07, 6.45) is -3.61. The van der Waals surface area contributed by atoms with Gasteiger partial charge in [-0.15, -0.1) is 0 Å². The minimum Gasteiger partial charge on any atom is -0.476 e. The maximum absolute atomic E-state index is 16.0. The third-order valence-corrected chi connectivity index (χ3v) is 7.74. The maximum Gasteiger partial charge on any atom is 0.459 e. The fourth-order valence-electron chi connectivity index (χ4n) is 4.17. The molecule has 3 unspecified atom stereocenters. The molecule has 3 heterocycles. The van der Waals surface area contributed by atoms with Gasteiger partial charge in [0.1, 0.15) is 24.0 Å². The van der Waals surface area contributed by atoms with Gasteiger partial charge in [0.15, 0.2) is 23.1 Å². The van der Waals surface area contributed by atoms with E-state index in [-0.39, 0.29) is 35.3 Å². The van der Waals surface area contributed by atoms with Gasteiger partial charge in [-0.05, 0) is 46.8 Å². The number of hydrogen-bond donors (Lipinski definition) is 3. The molecule has 1 aliphatic rings. The number of aromatic nitrogens is 4. The molecule has 1 fully saturated rings. The summed E-state index contributed by atoms with van der Waals surface area (Å²) in [4.78, 5) is 24.8. The average molecular weight is 597 g/mol. The number of alkyl halides is 1. The highest BCUT2D eigenvalue weighted by molar-refractivity contribution is 7.52. The van der Waals surface area contributed by atoms with Crippen molar-refractivity contribution in [2.24, 2.45) is 0 Å². The van der Waals surface area contributed by atoms with Gasteiger partial charge in [-0.25, -0.2) is 13.9 Å². The second kappa shape index (κ2) is 12.2. The van der Waals surface area contributed by atoms with Crippen LogP contribution in [0.5, 0.6) is 11.6 Å². The summed E-state index contributed by atoms with van der Waals surface area (Å²) in [5.41, 5.74) is 3.79. The molecule has 2 aromatic heterocycles. The molecule has 0 amide bonds. The molecule has 4 N–H and O–H groups in total. The van der Waals surface area contributed by atoms with E-state index in [2.05, 4.69) is 20.0 Å². The topological polar surface area (TPSA) is 182 Å². The van der Waals surface area contributed by atoms with E-state index in [4.69, 9.17) is 29.0 Å². The number of hydrogen-bond acceptors (Lipinski definition) is 12. The number of aliphatic hydroxyl groups is 1. The van der Waals surface area contributed by atoms with Crippen molar-refractivity contribution in [3.8, 4) is 11.6 Å². The van der Waals surface area contributed by atoms with Crippen LogP contribution >= 0.6 is 7.75 Å². The van der Waals surface area contributed by atoms with Gasteiger partial charge in [0.2, 0.25) is 11.8 Å². The molecular formula is C25H34FN6O8P. The van der Waals surface area contributed by atoms with Gasteiger partial charge in [-0.2, -0.15) is 15.1 Å².